The van der Waals surface area contributed by atoms with Crippen LogP contribution in [0.25, 0.3) is 0 Å². The third-order valence-corrected chi connectivity index (χ3v) is 3.10. The molecule has 1 rings (SSSR count). The van der Waals surface area contributed by atoms with Gasteiger partial charge < -0.3 is 15.6 Å². The molecule has 0 spiro atoms. The molecular formula is C11H21NO3. The van der Waals surface area contributed by atoms with Gasteiger partial charge in [-0.15, -0.1) is 0 Å². The van der Waals surface area contributed by atoms with Crippen LogP contribution in [0, 0.1) is 5.92 Å². The van der Waals surface area contributed by atoms with Crippen LogP contribution < -0.4 is 5.73 Å². The van der Waals surface area contributed by atoms with Crippen molar-refractivity contribution >= 4 is 5.91 Å². The topological polar surface area (TPSA) is 72.6 Å². The summed E-state index contributed by atoms with van der Waals surface area (Å²) >= 11 is 0. The molecule has 1 saturated carbocycles. The molecule has 0 aliphatic heterocycles. The maximum atomic E-state index is 11.0. The van der Waals surface area contributed by atoms with Crippen molar-refractivity contribution < 1.29 is 14.6 Å². The molecule has 3 N–H and O–H groups in total. The lowest BCUT2D eigenvalue weighted by molar-refractivity contribution is -0.135. The van der Waals surface area contributed by atoms with Crippen molar-refractivity contribution in [2.75, 3.05) is 6.61 Å². The highest BCUT2D eigenvalue weighted by Gasteiger charge is 2.25. The lowest BCUT2D eigenvalue weighted by atomic mass is 9.88. The molecule has 4 heteroatoms. The van der Waals surface area contributed by atoms with Crippen LogP contribution in [0.5, 0.6) is 0 Å². The summed E-state index contributed by atoms with van der Waals surface area (Å²) in [6.45, 7) is 2.16. The molecule has 0 radical (unpaired) electrons. The number of aliphatic hydroxyl groups is 1. The van der Waals surface area contributed by atoms with E-state index in [0.29, 0.717) is 12.3 Å². The molecule has 0 aromatic carbocycles. The van der Waals surface area contributed by atoms with E-state index in [1.54, 1.807) is 0 Å². The second-order valence-corrected chi connectivity index (χ2v) is 4.26. The monoisotopic (exact) mass is 215 g/mol. The summed E-state index contributed by atoms with van der Waals surface area (Å²) in [6.07, 6.45) is 4.15. The van der Waals surface area contributed by atoms with Crippen LogP contribution in [0.1, 0.15) is 39.0 Å². The first-order valence-corrected chi connectivity index (χ1v) is 5.73. The predicted octanol–water partition coefficient (Wildman–Crippen LogP) is 0.818. The molecule has 88 valence electrons. The fraction of sp³-hybridized carbons (Fsp3) is 0.909. The second-order valence-electron chi connectivity index (χ2n) is 4.26. The van der Waals surface area contributed by atoms with E-state index in [1.807, 2.05) is 6.92 Å². The smallest absolute Gasteiger partial charge is 0.246 e. The lowest BCUT2D eigenvalue weighted by Gasteiger charge is -2.29. The normalized spacial score (nSPS) is 28.7. The van der Waals surface area contributed by atoms with Crippen molar-refractivity contribution in [1.29, 1.82) is 0 Å². The highest BCUT2D eigenvalue weighted by atomic mass is 16.5. The number of hydrogen-bond donors (Lipinski definition) is 2. The number of amides is 1. The Labute approximate surface area is 90.8 Å². The highest BCUT2D eigenvalue weighted by molar-refractivity contribution is 5.78. The van der Waals surface area contributed by atoms with Crippen molar-refractivity contribution in [3.05, 3.63) is 0 Å². The first-order valence-electron chi connectivity index (χ1n) is 5.73. The molecule has 0 aromatic rings. The van der Waals surface area contributed by atoms with Crippen LogP contribution in [-0.2, 0) is 9.53 Å². The average Bonchev–Trinajstić information content (AvgIpc) is 2.26. The van der Waals surface area contributed by atoms with Crippen LogP contribution in [0.15, 0.2) is 0 Å². The Hall–Kier alpha value is -0.610. The molecule has 0 saturated heterocycles. The Kier molecular flexibility index (Phi) is 5.05. The Morgan fingerprint density at radius 2 is 2.07 bits per heavy atom. The number of ether oxygens (including phenoxy) is 1. The lowest BCUT2D eigenvalue weighted by Crippen LogP contribution is -2.35. The molecule has 1 unspecified atom stereocenters. The standard InChI is InChI=1S/C11H21NO3/c1-2-10(11(12)14)15-9-5-3-8(7-13)4-6-9/h8-10,13H,2-7H2,1H3,(H2,12,14). The Morgan fingerprint density at radius 1 is 1.47 bits per heavy atom. The van der Waals surface area contributed by atoms with Crippen molar-refractivity contribution in [2.45, 2.75) is 51.2 Å². The summed E-state index contributed by atoms with van der Waals surface area (Å²) in [5, 5.41) is 8.98. The number of rotatable bonds is 5. The molecule has 15 heavy (non-hydrogen) atoms. The van der Waals surface area contributed by atoms with E-state index in [-0.39, 0.29) is 18.6 Å². The van der Waals surface area contributed by atoms with E-state index >= 15 is 0 Å². The minimum atomic E-state index is -0.444. The zero-order chi connectivity index (χ0) is 11.3. The molecular weight excluding hydrogens is 194 g/mol. The van der Waals surface area contributed by atoms with E-state index in [4.69, 9.17) is 15.6 Å². The first-order chi connectivity index (χ1) is 7.17. The van der Waals surface area contributed by atoms with Gasteiger partial charge in [0.15, 0.2) is 0 Å². The van der Waals surface area contributed by atoms with Gasteiger partial charge in [0.25, 0.3) is 0 Å². The molecule has 1 atom stereocenters. The summed E-state index contributed by atoms with van der Waals surface area (Å²) in [4.78, 5) is 11.0. The summed E-state index contributed by atoms with van der Waals surface area (Å²) in [5.41, 5.74) is 5.21. The zero-order valence-electron chi connectivity index (χ0n) is 9.32. The van der Waals surface area contributed by atoms with Crippen molar-refractivity contribution in [3.8, 4) is 0 Å². The largest absolute Gasteiger partial charge is 0.396 e. The van der Waals surface area contributed by atoms with Gasteiger partial charge in [-0.3, -0.25) is 4.79 Å². The first kappa shape index (κ1) is 12.5. The minimum Gasteiger partial charge on any atom is -0.396 e. The van der Waals surface area contributed by atoms with Gasteiger partial charge in [-0.05, 0) is 38.0 Å². The van der Waals surface area contributed by atoms with Gasteiger partial charge in [-0.25, -0.2) is 0 Å². The number of hydrogen-bond acceptors (Lipinski definition) is 3. The van der Waals surface area contributed by atoms with Gasteiger partial charge in [0, 0.05) is 6.61 Å². The molecule has 1 aliphatic carbocycles. The maximum Gasteiger partial charge on any atom is 0.246 e. The zero-order valence-corrected chi connectivity index (χ0v) is 9.32. The summed E-state index contributed by atoms with van der Waals surface area (Å²) in [6, 6.07) is 0. The molecule has 0 aromatic heterocycles. The van der Waals surface area contributed by atoms with E-state index in [0.717, 1.165) is 25.7 Å². The highest BCUT2D eigenvalue weighted by Crippen LogP contribution is 2.26. The third-order valence-electron chi connectivity index (χ3n) is 3.10. The Balaban J connectivity index is 2.31. The summed E-state index contributed by atoms with van der Waals surface area (Å²) in [7, 11) is 0. The van der Waals surface area contributed by atoms with Gasteiger partial charge >= 0.3 is 0 Å². The van der Waals surface area contributed by atoms with Crippen LogP contribution in [0.3, 0.4) is 0 Å². The van der Waals surface area contributed by atoms with E-state index < -0.39 is 6.10 Å². The van der Waals surface area contributed by atoms with Gasteiger partial charge in [0.1, 0.15) is 6.10 Å². The molecule has 1 aliphatic rings. The number of aliphatic hydroxyl groups excluding tert-OH is 1. The van der Waals surface area contributed by atoms with Crippen molar-refractivity contribution in [3.63, 3.8) is 0 Å². The minimum absolute atomic E-state index is 0.144. The quantitative estimate of drug-likeness (QED) is 0.713. The van der Waals surface area contributed by atoms with Gasteiger partial charge in [0.05, 0.1) is 6.10 Å². The van der Waals surface area contributed by atoms with Crippen molar-refractivity contribution in [2.24, 2.45) is 11.7 Å². The Morgan fingerprint density at radius 3 is 2.47 bits per heavy atom. The summed E-state index contributed by atoms with van der Waals surface area (Å²) < 4.78 is 5.64. The van der Waals surface area contributed by atoms with Gasteiger partial charge in [0.2, 0.25) is 5.91 Å². The van der Waals surface area contributed by atoms with E-state index in [2.05, 4.69) is 0 Å². The summed E-state index contributed by atoms with van der Waals surface area (Å²) in [5.74, 6) is 0.0419. The SMILES string of the molecule is CCC(OC1CCC(CO)CC1)C(N)=O. The predicted molar refractivity (Wildman–Crippen MR) is 57.2 cm³/mol. The number of carbonyl (C=O) groups is 1. The second kappa shape index (κ2) is 6.08. The van der Waals surface area contributed by atoms with Crippen molar-refractivity contribution in [1.82, 2.24) is 0 Å². The maximum absolute atomic E-state index is 11.0. The van der Waals surface area contributed by atoms with Crippen LogP contribution in [0.4, 0.5) is 0 Å². The van der Waals surface area contributed by atoms with Gasteiger partial charge in [-0.1, -0.05) is 6.92 Å². The number of carbonyl (C=O) groups excluding carboxylic acids is 1. The fourth-order valence-electron chi connectivity index (χ4n) is 2.05. The molecule has 1 fully saturated rings. The molecule has 0 heterocycles. The molecule has 0 bridgehead atoms. The van der Waals surface area contributed by atoms with Crippen LogP contribution in [-0.4, -0.2) is 29.8 Å². The number of primary amides is 1. The fourth-order valence-corrected chi connectivity index (χ4v) is 2.05. The van der Waals surface area contributed by atoms with Gasteiger partial charge in [-0.2, -0.15) is 0 Å². The number of nitrogens with two attached hydrogens (primary N) is 1. The van der Waals surface area contributed by atoms with E-state index in [9.17, 15) is 4.79 Å². The molecule has 4 nitrogen and oxygen atoms in total. The van der Waals surface area contributed by atoms with Crippen LogP contribution >= 0.6 is 0 Å². The average molecular weight is 215 g/mol. The Bertz CT molecular complexity index is 200. The van der Waals surface area contributed by atoms with Crippen LogP contribution in [0.2, 0.25) is 0 Å². The molecule has 1 amide bonds. The third kappa shape index (κ3) is 3.80. The van der Waals surface area contributed by atoms with E-state index in [1.165, 1.54) is 0 Å².